The topological polar surface area (TPSA) is 0 Å². The highest BCUT2D eigenvalue weighted by atomic mass is 127. The normalized spacial score (nSPS) is 16.8. The van der Waals surface area contributed by atoms with Gasteiger partial charge in [-0.2, -0.15) is 0 Å². The van der Waals surface area contributed by atoms with Crippen LogP contribution in [0.3, 0.4) is 0 Å². The Morgan fingerprint density at radius 3 is 2.20 bits per heavy atom. The average Bonchev–Trinajstić information content (AvgIpc) is 1.88. The van der Waals surface area contributed by atoms with E-state index in [2.05, 4.69) is 59.0 Å². The molecule has 0 amide bonds. The molecule has 10 heavy (non-hydrogen) atoms. The highest BCUT2D eigenvalue weighted by molar-refractivity contribution is 14.1. The number of rotatable bonds is 5. The fourth-order valence-electron chi connectivity index (χ4n) is 0.819. The molecule has 0 heterocycles. The van der Waals surface area contributed by atoms with E-state index >= 15 is 0 Å². The molecule has 0 aliphatic heterocycles. The molecule has 0 saturated heterocycles. The summed E-state index contributed by atoms with van der Waals surface area (Å²) in [6.07, 6.45) is 5.57. The van der Waals surface area contributed by atoms with E-state index in [-0.39, 0.29) is 0 Å². The van der Waals surface area contributed by atoms with Crippen LogP contribution in [0, 0.1) is 0 Å². The van der Waals surface area contributed by atoms with Crippen LogP contribution in [0.5, 0.6) is 0 Å². The van der Waals surface area contributed by atoms with Crippen LogP contribution in [0.1, 0.15) is 39.5 Å². The second-order valence-corrected chi connectivity index (χ2v) is 6.25. The first-order valence-corrected chi connectivity index (χ1v) is 6.45. The number of unbranched alkanes of at least 4 members (excludes halogenated alkanes) is 2. The first kappa shape index (κ1) is 11.5. The predicted octanol–water partition coefficient (Wildman–Crippen LogP) is 4.19. The lowest BCUT2D eigenvalue weighted by Crippen LogP contribution is -2.08. The van der Waals surface area contributed by atoms with Crippen molar-refractivity contribution in [3.63, 3.8) is 0 Å². The van der Waals surface area contributed by atoms with Gasteiger partial charge in [0.05, 0.1) is 0 Å². The van der Waals surface area contributed by atoms with Crippen LogP contribution in [0.4, 0.5) is 0 Å². The second-order valence-electron chi connectivity index (χ2n) is 2.69. The third-order valence-corrected chi connectivity index (χ3v) is 5.53. The van der Waals surface area contributed by atoms with Gasteiger partial charge in [0.25, 0.3) is 0 Å². The molecule has 0 bridgehead atoms. The molecular formula is C8H16I2. The fraction of sp³-hybridized carbons (Fsp3) is 1.00. The van der Waals surface area contributed by atoms with Gasteiger partial charge in [-0.25, -0.2) is 0 Å². The summed E-state index contributed by atoms with van der Waals surface area (Å²) in [5.41, 5.74) is 0. The highest BCUT2D eigenvalue weighted by Gasteiger charge is 2.08. The number of hydrogen-bond donors (Lipinski definition) is 0. The Balaban J connectivity index is 3.13. The van der Waals surface area contributed by atoms with E-state index in [0.29, 0.717) is 0 Å². The van der Waals surface area contributed by atoms with Gasteiger partial charge < -0.3 is 0 Å². The zero-order valence-electron chi connectivity index (χ0n) is 6.74. The molecule has 0 aliphatic rings. The molecule has 0 aliphatic carbocycles. The van der Waals surface area contributed by atoms with Gasteiger partial charge in [-0.15, -0.1) is 0 Å². The zero-order chi connectivity index (χ0) is 7.98. The summed E-state index contributed by atoms with van der Waals surface area (Å²) in [5, 5.41) is 0. The van der Waals surface area contributed by atoms with Crippen molar-refractivity contribution in [2.24, 2.45) is 0 Å². The van der Waals surface area contributed by atoms with Crippen LogP contribution in [-0.4, -0.2) is 7.85 Å². The Hall–Kier alpha value is 1.46. The van der Waals surface area contributed by atoms with E-state index in [4.69, 9.17) is 0 Å². The summed E-state index contributed by atoms with van der Waals surface area (Å²) < 4.78 is 1.71. The molecule has 0 aromatic rings. The zero-order valence-corrected chi connectivity index (χ0v) is 11.1. The smallest absolute Gasteiger partial charge is 0.0225 e. The molecule has 2 unspecified atom stereocenters. The minimum Gasteiger partial charge on any atom is -0.0818 e. The van der Waals surface area contributed by atoms with Crippen molar-refractivity contribution in [2.75, 3.05) is 0 Å². The van der Waals surface area contributed by atoms with Gasteiger partial charge >= 0.3 is 0 Å². The standard InChI is InChI=1S/C8H16I2/c1-3-4-5-6-8(10)7(2)9/h7-8H,3-6H2,1-2H3. The van der Waals surface area contributed by atoms with E-state index in [1.54, 1.807) is 0 Å². The molecule has 2 atom stereocenters. The van der Waals surface area contributed by atoms with Crippen molar-refractivity contribution in [2.45, 2.75) is 47.4 Å². The van der Waals surface area contributed by atoms with E-state index in [1.807, 2.05) is 0 Å². The summed E-state index contributed by atoms with van der Waals surface area (Å²) in [4.78, 5) is 0. The maximum Gasteiger partial charge on any atom is 0.0225 e. The van der Waals surface area contributed by atoms with Gasteiger partial charge in [0.15, 0.2) is 0 Å². The lowest BCUT2D eigenvalue weighted by Gasteiger charge is -2.10. The maximum absolute atomic E-state index is 2.56. The second kappa shape index (κ2) is 7.13. The Morgan fingerprint density at radius 2 is 1.80 bits per heavy atom. The van der Waals surface area contributed by atoms with Crippen LogP contribution in [0.25, 0.3) is 0 Å². The quantitative estimate of drug-likeness (QED) is 0.389. The predicted molar refractivity (Wildman–Crippen MR) is 65.4 cm³/mol. The summed E-state index contributed by atoms with van der Waals surface area (Å²) in [6.45, 7) is 4.55. The number of alkyl halides is 2. The summed E-state index contributed by atoms with van der Waals surface area (Å²) in [5.74, 6) is 0. The van der Waals surface area contributed by atoms with E-state index in [0.717, 1.165) is 7.85 Å². The SMILES string of the molecule is CCCCCC(I)C(C)I. The van der Waals surface area contributed by atoms with Crippen molar-refractivity contribution >= 4 is 45.2 Å². The molecule has 0 saturated carbocycles. The molecule has 0 aromatic heterocycles. The minimum absolute atomic E-state index is 0.829. The third-order valence-electron chi connectivity index (χ3n) is 1.58. The van der Waals surface area contributed by atoms with Crippen LogP contribution in [0.15, 0.2) is 0 Å². The van der Waals surface area contributed by atoms with Crippen LogP contribution >= 0.6 is 45.2 Å². The molecule has 62 valence electrons. The van der Waals surface area contributed by atoms with Gasteiger partial charge in [0.2, 0.25) is 0 Å². The van der Waals surface area contributed by atoms with Crippen LogP contribution in [0.2, 0.25) is 0 Å². The number of halogens is 2. The monoisotopic (exact) mass is 366 g/mol. The highest BCUT2D eigenvalue weighted by Crippen LogP contribution is 2.20. The Kier molecular flexibility index (Phi) is 8.17. The van der Waals surface area contributed by atoms with Gasteiger partial charge in [-0.05, 0) is 6.42 Å². The number of hydrogen-bond acceptors (Lipinski definition) is 0. The van der Waals surface area contributed by atoms with E-state index in [9.17, 15) is 0 Å². The first-order chi connectivity index (χ1) is 4.68. The maximum atomic E-state index is 2.56. The van der Waals surface area contributed by atoms with E-state index < -0.39 is 0 Å². The molecule has 0 rings (SSSR count). The molecular weight excluding hydrogens is 350 g/mol. The molecule has 2 heteroatoms. The van der Waals surface area contributed by atoms with Gasteiger partial charge in [-0.1, -0.05) is 78.3 Å². The van der Waals surface area contributed by atoms with Gasteiger partial charge in [-0.3, -0.25) is 0 Å². The Bertz CT molecular complexity index is 71.7. The largest absolute Gasteiger partial charge is 0.0818 e. The minimum atomic E-state index is 0.829. The Morgan fingerprint density at radius 1 is 1.20 bits per heavy atom. The lowest BCUT2D eigenvalue weighted by atomic mass is 10.1. The molecule has 0 aromatic carbocycles. The van der Waals surface area contributed by atoms with Crippen molar-refractivity contribution < 1.29 is 0 Å². The first-order valence-electron chi connectivity index (χ1n) is 3.96. The summed E-state index contributed by atoms with van der Waals surface area (Å²) in [6, 6.07) is 0. The van der Waals surface area contributed by atoms with Crippen molar-refractivity contribution in [1.29, 1.82) is 0 Å². The van der Waals surface area contributed by atoms with Gasteiger partial charge in [0.1, 0.15) is 0 Å². The lowest BCUT2D eigenvalue weighted by molar-refractivity contribution is 0.657. The molecule has 0 radical (unpaired) electrons. The van der Waals surface area contributed by atoms with Crippen molar-refractivity contribution in [3.8, 4) is 0 Å². The summed E-state index contributed by atoms with van der Waals surface area (Å²) in [7, 11) is 0. The summed E-state index contributed by atoms with van der Waals surface area (Å²) >= 11 is 5.08. The fourth-order valence-corrected chi connectivity index (χ4v) is 1.62. The molecule has 0 nitrogen and oxygen atoms in total. The third kappa shape index (κ3) is 6.19. The van der Waals surface area contributed by atoms with Crippen LogP contribution < -0.4 is 0 Å². The molecule has 0 N–H and O–H groups in total. The van der Waals surface area contributed by atoms with Gasteiger partial charge in [0, 0.05) is 7.85 Å². The molecule has 0 spiro atoms. The van der Waals surface area contributed by atoms with Crippen molar-refractivity contribution in [1.82, 2.24) is 0 Å². The van der Waals surface area contributed by atoms with E-state index in [1.165, 1.54) is 25.7 Å². The average molecular weight is 366 g/mol. The molecule has 0 fully saturated rings. The van der Waals surface area contributed by atoms with Crippen LogP contribution in [-0.2, 0) is 0 Å². The van der Waals surface area contributed by atoms with Crippen molar-refractivity contribution in [3.05, 3.63) is 0 Å². The Labute approximate surface area is 91.8 Å².